The Labute approximate surface area is 130 Å². The van der Waals surface area contributed by atoms with Gasteiger partial charge in [0.05, 0.1) is 17.7 Å². The summed E-state index contributed by atoms with van der Waals surface area (Å²) in [7, 11) is 0. The van der Waals surface area contributed by atoms with Gasteiger partial charge in [0, 0.05) is 13.2 Å². The fourth-order valence-corrected chi connectivity index (χ4v) is 2.29. The predicted octanol–water partition coefficient (Wildman–Crippen LogP) is 2.51. The van der Waals surface area contributed by atoms with E-state index in [1.54, 1.807) is 6.07 Å². The number of ether oxygens (including phenoxy) is 2. The second kappa shape index (κ2) is 8.10. The summed E-state index contributed by atoms with van der Waals surface area (Å²) in [5.74, 6) is 0.637. The van der Waals surface area contributed by atoms with Crippen molar-refractivity contribution < 1.29 is 14.3 Å². The van der Waals surface area contributed by atoms with Gasteiger partial charge in [-0.25, -0.2) is 4.79 Å². The van der Waals surface area contributed by atoms with Gasteiger partial charge in [0.25, 0.3) is 0 Å². The zero-order chi connectivity index (χ0) is 15.1. The third kappa shape index (κ3) is 5.44. The first-order chi connectivity index (χ1) is 10.1. The monoisotopic (exact) mass is 312 g/mol. The highest BCUT2D eigenvalue weighted by Crippen LogP contribution is 2.24. The lowest BCUT2D eigenvalue weighted by molar-refractivity contribution is 0.111. The van der Waals surface area contributed by atoms with Crippen molar-refractivity contribution in [2.75, 3.05) is 26.3 Å². The van der Waals surface area contributed by atoms with Crippen molar-refractivity contribution in [2.24, 2.45) is 0 Å². The van der Waals surface area contributed by atoms with Crippen LogP contribution >= 0.6 is 11.6 Å². The molecule has 1 unspecified atom stereocenters. The maximum Gasteiger partial charge on any atom is 0.315 e. The van der Waals surface area contributed by atoms with Gasteiger partial charge in [-0.05, 0) is 37.5 Å². The first-order valence-electron chi connectivity index (χ1n) is 7.17. The Hall–Kier alpha value is -1.46. The fourth-order valence-electron chi connectivity index (χ4n) is 2.12. The van der Waals surface area contributed by atoms with Gasteiger partial charge in [0.1, 0.15) is 12.4 Å². The van der Waals surface area contributed by atoms with Crippen molar-refractivity contribution in [3.63, 3.8) is 0 Å². The molecule has 0 aromatic heterocycles. The molecule has 1 aromatic carbocycles. The van der Waals surface area contributed by atoms with Crippen LogP contribution in [0.25, 0.3) is 0 Å². The lowest BCUT2D eigenvalue weighted by Gasteiger charge is -2.12. The van der Waals surface area contributed by atoms with Crippen LogP contribution in [0.5, 0.6) is 5.75 Å². The Morgan fingerprint density at radius 3 is 3.10 bits per heavy atom. The lowest BCUT2D eigenvalue weighted by Crippen LogP contribution is -2.41. The van der Waals surface area contributed by atoms with Crippen LogP contribution in [0.4, 0.5) is 4.79 Å². The Balaban J connectivity index is 1.60. The molecule has 1 aliphatic heterocycles. The number of hydrogen-bond donors (Lipinski definition) is 2. The molecule has 1 heterocycles. The Morgan fingerprint density at radius 2 is 2.33 bits per heavy atom. The number of hydrogen-bond acceptors (Lipinski definition) is 3. The molecule has 1 aromatic rings. The van der Waals surface area contributed by atoms with Gasteiger partial charge in [0.2, 0.25) is 0 Å². The van der Waals surface area contributed by atoms with E-state index in [0.29, 0.717) is 30.5 Å². The molecule has 0 radical (unpaired) electrons. The molecular weight excluding hydrogens is 292 g/mol. The number of halogens is 1. The Kier molecular flexibility index (Phi) is 6.14. The predicted molar refractivity (Wildman–Crippen MR) is 82.1 cm³/mol. The summed E-state index contributed by atoms with van der Waals surface area (Å²) in [6, 6.07) is 5.39. The fraction of sp³-hybridized carbons (Fsp3) is 0.533. The molecule has 0 bridgehead atoms. The van der Waals surface area contributed by atoms with Crippen molar-refractivity contribution >= 4 is 17.6 Å². The maximum atomic E-state index is 11.6. The molecular formula is C15H21ClN2O3. The third-order valence-corrected chi connectivity index (χ3v) is 3.56. The molecule has 2 rings (SSSR count). The van der Waals surface area contributed by atoms with Crippen molar-refractivity contribution in [1.82, 2.24) is 10.6 Å². The smallest absolute Gasteiger partial charge is 0.315 e. The number of benzene rings is 1. The molecule has 6 heteroatoms. The zero-order valence-corrected chi connectivity index (χ0v) is 12.9. The minimum Gasteiger partial charge on any atom is -0.490 e. The summed E-state index contributed by atoms with van der Waals surface area (Å²) >= 11 is 6.02. The number of carbonyl (C=O) groups excluding carboxylic acids is 1. The summed E-state index contributed by atoms with van der Waals surface area (Å²) in [6.07, 6.45) is 2.23. The summed E-state index contributed by atoms with van der Waals surface area (Å²) < 4.78 is 11.0. The topological polar surface area (TPSA) is 59.6 Å². The standard InChI is InChI=1S/C15H21ClN2O3/c1-11-4-5-13(16)14(9-11)21-8-6-17-15(19)18-10-12-3-2-7-20-12/h4-5,9,12H,2-3,6-8,10H2,1H3,(H2,17,18,19). The van der Waals surface area contributed by atoms with Crippen LogP contribution in [0.1, 0.15) is 18.4 Å². The maximum absolute atomic E-state index is 11.6. The average molecular weight is 313 g/mol. The highest BCUT2D eigenvalue weighted by atomic mass is 35.5. The second-order valence-corrected chi connectivity index (χ2v) is 5.46. The van der Waals surface area contributed by atoms with Crippen LogP contribution in [0.3, 0.4) is 0 Å². The van der Waals surface area contributed by atoms with Crippen LogP contribution in [-0.4, -0.2) is 38.4 Å². The average Bonchev–Trinajstić information content (AvgIpc) is 2.98. The van der Waals surface area contributed by atoms with Crippen LogP contribution in [-0.2, 0) is 4.74 Å². The molecule has 0 aliphatic carbocycles. The van der Waals surface area contributed by atoms with Crippen molar-refractivity contribution in [3.8, 4) is 5.75 Å². The van der Waals surface area contributed by atoms with Gasteiger partial charge in [0.15, 0.2) is 0 Å². The Bertz CT molecular complexity index is 476. The lowest BCUT2D eigenvalue weighted by atomic mass is 10.2. The minimum absolute atomic E-state index is 0.151. The minimum atomic E-state index is -0.204. The molecule has 0 spiro atoms. The summed E-state index contributed by atoms with van der Waals surface area (Å²) in [5, 5.41) is 6.10. The van der Waals surface area contributed by atoms with Gasteiger partial charge < -0.3 is 20.1 Å². The van der Waals surface area contributed by atoms with E-state index in [-0.39, 0.29) is 12.1 Å². The normalized spacial score (nSPS) is 17.5. The van der Waals surface area contributed by atoms with Gasteiger partial charge >= 0.3 is 6.03 Å². The molecule has 21 heavy (non-hydrogen) atoms. The molecule has 2 N–H and O–H groups in total. The molecule has 1 atom stereocenters. The highest BCUT2D eigenvalue weighted by Gasteiger charge is 2.15. The van der Waals surface area contributed by atoms with Crippen molar-refractivity contribution in [2.45, 2.75) is 25.9 Å². The molecule has 0 saturated carbocycles. The highest BCUT2D eigenvalue weighted by molar-refractivity contribution is 6.32. The number of aryl methyl sites for hydroxylation is 1. The van der Waals surface area contributed by atoms with E-state index in [1.807, 2.05) is 19.1 Å². The molecule has 2 amide bonds. The van der Waals surface area contributed by atoms with E-state index >= 15 is 0 Å². The van der Waals surface area contributed by atoms with Crippen LogP contribution in [0, 0.1) is 6.92 Å². The van der Waals surface area contributed by atoms with Gasteiger partial charge in [-0.15, -0.1) is 0 Å². The molecule has 1 aliphatic rings. The molecule has 116 valence electrons. The SMILES string of the molecule is Cc1ccc(Cl)c(OCCNC(=O)NCC2CCCO2)c1. The van der Waals surface area contributed by atoms with Crippen LogP contribution < -0.4 is 15.4 Å². The summed E-state index contributed by atoms with van der Waals surface area (Å²) in [4.78, 5) is 11.6. The van der Waals surface area contributed by atoms with Crippen molar-refractivity contribution in [3.05, 3.63) is 28.8 Å². The second-order valence-electron chi connectivity index (χ2n) is 5.05. The number of carbonyl (C=O) groups is 1. The summed E-state index contributed by atoms with van der Waals surface area (Å²) in [5.41, 5.74) is 1.08. The van der Waals surface area contributed by atoms with Crippen LogP contribution in [0.2, 0.25) is 5.02 Å². The van der Waals surface area contributed by atoms with Gasteiger partial charge in [-0.3, -0.25) is 0 Å². The van der Waals surface area contributed by atoms with E-state index in [2.05, 4.69) is 10.6 Å². The van der Waals surface area contributed by atoms with E-state index in [1.165, 1.54) is 0 Å². The molecule has 1 fully saturated rings. The quantitative estimate of drug-likeness (QED) is 0.794. The number of rotatable bonds is 6. The van der Waals surface area contributed by atoms with E-state index in [9.17, 15) is 4.79 Å². The first kappa shape index (κ1) is 15.9. The number of amides is 2. The molecule has 5 nitrogen and oxygen atoms in total. The van der Waals surface area contributed by atoms with Crippen LogP contribution in [0.15, 0.2) is 18.2 Å². The number of urea groups is 1. The van der Waals surface area contributed by atoms with E-state index in [0.717, 1.165) is 25.0 Å². The number of nitrogens with one attached hydrogen (secondary N) is 2. The van der Waals surface area contributed by atoms with Gasteiger partial charge in [-0.2, -0.15) is 0 Å². The molecule has 1 saturated heterocycles. The largest absolute Gasteiger partial charge is 0.490 e. The Morgan fingerprint density at radius 1 is 1.48 bits per heavy atom. The van der Waals surface area contributed by atoms with Gasteiger partial charge in [-0.1, -0.05) is 17.7 Å². The summed E-state index contributed by atoms with van der Waals surface area (Å²) in [6.45, 7) is 4.10. The van der Waals surface area contributed by atoms with E-state index < -0.39 is 0 Å². The third-order valence-electron chi connectivity index (χ3n) is 3.25. The first-order valence-corrected chi connectivity index (χ1v) is 7.55. The zero-order valence-electron chi connectivity index (χ0n) is 12.2. The van der Waals surface area contributed by atoms with Crippen molar-refractivity contribution in [1.29, 1.82) is 0 Å². The van der Waals surface area contributed by atoms with E-state index in [4.69, 9.17) is 21.1 Å².